The van der Waals surface area contributed by atoms with Gasteiger partial charge >= 0.3 is 0 Å². The van der Waals surface area contributed by atoms with E-state index < -0.39 is 0 Å². The van der Waals surface area contributed by atoms with Crippen LogP contribution in [0.15, 0.2) is 43.0 Å². The zero-order valence-corrected chi connectivity index (χ0v) is 13.5. The highest BCUT2D eigenvalue weighted by Crippen LogP contribution is 2.47. The van der Waals surface area contributed by atoms with Crippen LogP contribution >= 0.6 is 0 Å². The lowest BCUT2D eigenvalue weighted by molar-refractivity contribution is 0.650. The molecule has 6 rings (SSSR count). The zero-order chi connectivity index (χ0) is 16.6. The molecule has 0 spiro atoms. The Morgan fingerprint density at radius 3 is 2.84 bits per heavy atom. The summed E-state index contributed by atoms with van der Waals surface area (Å²) in [5.74, 6) is 0.645. The highest BCUT2D eigenvalue weighted by Gasteiger charge is 2.43. The van der Waals surface area contributed by atoms with Gasteiger partial charge in [-0.2, -0.15) is 4.68 Å². The Morgan fingerprint density at radius 2 is 1.96 bits per heavy atom. The van der Waals surface area contributed by atoms with Crippen LogP contribution in [0.3, 0.4) is 0 Å². The Morgan fingerprint density at radius 1 is 1.08 bits per heavy atom. The highest BCUT2D eigenvalue weighted by atomic mass is 15.5. The number of benzene rings is 1. The monoisotopic (exact) mass is 330 g/mol. The molecule has 0 saturated heterocycles. The molecule has 5 aromatic rings. The summed E-state index contributed by atoms with van der Waals surface area (Å²) in [4.78, 5) is 4.33. The number of fused-ring (bicyclic) bond motifs is 6. The number of aromatic nitrogens is 8. The van der Waals surface area contributed by atoms with Gasteiger partial charge in [0.1, 0.15) is 12.0 Å². The van der Waals surface area contributed by atoms with Crippen LogP contribution in [0.5, 0.6) is 0 Å². The Labute approximate surface area is 141 Å². The largest absolute Gasteiger partial charge is 0.284 e. The van der Waals surface area contributed by atoms with Gasteiger partial charge in [0.15, 0.2) is 5.65 Å². The summed E-state index contributed by atoms with van der Waals surface area (Å²) in [5.41, 5.74) is 3.95. The number of rotatable bonds is 2. The van der Waals surface area contributed by atoms with Crippen LogP contribution in [-0.4, -0.2) is 39.0 Å². The average Bonchev–Trinajstić information content (AvgIpc) is 3.12. The van der Waals surface area contributed by atoms with E-state index in [0.29, 0.717) is 5.95 Å². The van der Waals surface area contributed by atoms with Crippen LogP contribution in [0.2, 0.25) is 0 Å². The van der Waals surface area contributed by atoms with Gasteiger partial charge in [-0.05, 0) is 25.0 Å². The third kappa shape index (κ3) is 1.58. The van der Waals surface area contributed by atoms with Crippen molar-refractivity contribution in [1.82, 2.24) is 39.0 Å². The first kappa shape index (κ1) is 13.1. The number of hydrogen-bond acceptors (Lipinski definition) is 5. The normalized spacial score (nSPS) is 16.2. The van der Waals surface area contributed by atoms with Crippen molar-refractivity contribution in [3.8, 4) is 5.95 Å². The molecule has 0 aliphatic heterocycles. The molecule has 0 N–H and O–H groups in total. The first-order valence-electron chi connectivity index (χ1n) is 8.26. The maximum atomic E-state index is 4.46. The second-order valence-corrected chi connectivity index (χ2v) is 6.89. The molecule has 0 unspecified atom stereocenters. The number of para-hydroxylation sites is 1. The SMILES string of the molecule is CC1(c2cnnn2-c2nnc3c4ccccc4n4cncc4n23)CC1. The Bertz CT molecular complexity index is 1270. The highest BCUT2D eigenvalue weighted by molar-refractivity contribution is 5.94. The van der Waals surface area contributed by atoms with Crippen molar-refractivity contribution < 1.29 is 0 Å². The number of imidazole rings is 1. The molecule has 0 amide bonds. The Kier molecular flexibility index (Phi) is 2.20. The second kappa shape index (κ2) is 4.21. The maximum Gasteiger partial charge on any atom is 0.259 e. The minimum atomic E-state index is 0.128. The van der Waals surface area contributed by atoms with Crippen LogP contribution in [0.25, 0.3) is 28.1 Å². The lowest BCUT2D eigenvalue weighted by atomic mass is 10.1. The van der Waals surface area contributed by atoms with Gasteiger partial charge < -0.3 is 0 Å². The van der Waals surface area contributed by atoms with E-state index in [1.807, 2.05) is 50.4 Å². The van der Waals surface area contributed by atoms with Crippen molar-refractivity contribution in [3.05, 3.63) is 48.7 Å². The molecule has 8 heteroatoms. The van der Waals surface area contributed by atoms with Crippen molar-refractivity contribution >= 4 is 22.2 Å². The van der Waals surface area contributed by atoms with Crippen LogP contribution < -0.4 is 0 Å². The number of nitrogens with zero attached hydrogens (tertiary/aromatic N) is 8. The Balaban J connectivity index is 1.78. The molecule has 0 atom stereocenters. The van der Waals surface area contributed by atoms with Gasteiger partial charge in [-0.1, -0.05) is 24.3 Å². The first-order chi connectivity index (χ1) is 12.3. The van der Waals surface area contributed by atoms with Crippen molar-refractivity contribution in [1.29, 1.82) is 0 Å². The third-order valence-corrected chi connectivity index (χ3v) is 5.26. The van der Waals surface area contributed by atoms with E-state index >= 15 is 0 Å². The fourth-order valence-corrected chi connectivity index (χ4v) is 3.55. The van der Waals surface area contributed by atoms with Gasteiger partial charge in [-0.3, -0.25) is 4.40 Å². The van der Waals surface area contributed by atoms with Crippen molar-refractivity contribution in [2.75, 3.05) is 0 Å². The van der Waals surface area contributed by atoms with Crippen LogP contribution in [0, 0.1) is 0 Å². The molecule has 4 heterocycles. The predicted molar refractivity (Wildman–Crippen MR) is 90.7 cm³/mol. The maximum absolute atomic E-state index is 4.46. The van der Waals surface area contributed by atoms with Gasteiger partial charge in [-0.15, -0.1) is 15.3 Å². The molecule has 25 heavy (non-hydrogen) atoms. The van der Waals surface area contributed by atoms with E-state index in [-0.39, 0.29) is 5.41 Å². The van der Waals surface area contributed by atoms with Crippen LogP contribution in [0.1, 0.15) is 25.5 Å². The summed E-state index contributed by atoms with van der Waals surface area (Å²) in [6, 6.07) is 8.13. The van der Waals surface area contributed by atoms with E-state index in [9.17, 15) is 0 Å². The van der Waals surface area contributed by atoms with Gasteiger partial charge in [0.05, 0.1) is 23.6 Å². The predicted octanol–water partition coefficient (Wildman–Crippen LogP) is 2.16. The summed E-state index contributed by atoms with van der Waals surface area (Å²) >= 11 is 0. The molecule has 1 aliphatic carbocycles. The molecule has 0 radical (unpaired) electrons. The van der Waals surface area contributed by atoms with E-state index in [1.165, 1.54) is 0 Å². The average molecular weight is 330 g/mol. The summed E-state index contributed by atoms with van der Waals surface area (Å²) in [7, 11) is 0. The fourth-order valence-electron chi connectivity index (χ4n) is 3.55. The molecule has 1 aromatic carbocycles. The summed E-state index contributed by atoms with van der Waals surface area (Å²) < 4.78 is 5.86. The molecule has 1 fully saturated rings. The molecular formula is C17H14N8. The minimum Gasteiger partial charge on any atom is -0.284 e. The third-order valence-electron chi connectivity index (χ3n) is 5.26. The minimum absolute atomic E-state index is 0.128. The van der Waals surface area contributed by atoms with Crippen molar-refractivity contribution in [2.24, 2.45) is 0 Å². The van der Waals surface area contributed by atoms with E-state index in [0.717, 1.165) is 40.7 Å². The van der Waals surface area contributed by atoms with Crippen LogP contribution in [0.4, 0.5) is 0 Å². The zero-order valence-electron chi connectivity index (χ0n) is 13.5. The molecule has 1 aliphatic rings. The molecule has 1 saturated carbocycles. The summed E-state index contributed by atoms with van der Waals surface area (Å²) in [5, 5.41) is 18.4. The summed E-state index contributed by atoms with van der Waals surface area (Å²) in [6.45, 7) is 2.23. The first-order valence-corrected chi connectivity index (χ1v) is 8.26. The molecule has 0 bridgehead atoms. The fraction of sp³-hybridized carbons (Fsp3) is 0.235. The van der Waals surface area contributed by atoms with Gasteiger partial charge in [-0.25, -0.2) is 9.38 Å². The van der Waals surface area contributed by atoms with E-state index in [4.69, 9.17) is 0 Å². The van der Waals surface area contributed by atoms with Crippen molar-refractivity contribution in [2.45, 2.75) is 25.2 Å². The molecular weight excluding hydrogens is 316 g/mol. The summed E-state index contributed by atoms with van der Waals surface area (Å²) in [6.07, 6.45) is 7.75. The van der Waals surface area contributed by atoms with Gasteiger partial charge in [0, 0.05) is 10.8 Å². The smallest absolute Gasteiger partial charge is 0.259 e. The standard InChI is InChI=1S/C17H14N8/c1-17(6-7-17)13-8-19-22-25(13)16-21-20-15-11-4-2-3-5-12(11)23-10-18-9-14(23)24(15)16/h2-5,8-10H,6-7H2,1H3. The van der Waals surface area contributed by atoms with E-state index in [1.54, 1.807) is 0 Å². The van der Waals surface area contributed by atoms with Gasteiger partial charge in [0.2, 0.25) is 0 Å². The molecule has 8 nitrogen and oxygen atoms in total. The Hall–Kier alpha value is -3.29. The lowest BCUT2D eigenvalue weighted by Crippen LogP contribution is -2.13. The second-order valence-electron chi connectivity index (χ2n) is 6.89. The van der Waals surface area contributed by atoms with E-state index in [2.05, 4.69) is 38.5 Å². The van der Waals surface area contributed by atoms with Gasteiger partial charge in [0.25, 0.3) is 5.95 Å². The molecule has 122 valence electrons. The number of hydrogen-bond donors (Lipinski definition) is 0. The quantitative estimate of drug-likeness (QED) is 0.496. The topological polar surface area (TPSA) is 78.2 Å². The van der Waals surface area contributed by atoms with Crippen LogP contribution in [-0.2, 0) is 5.41 Å². The van der Waals surface area contributed by atoms with Crippen molar-refractivity contribution in [3.63, 3.8) is 0 Å². The lowest BCUT2D eigenvalue weighted by Gasteiger charge is -2.11. The molecule has 4 aromatic heterocycles.